The predicted octanol–water partition coefficient (Wildman–Crippen LogP) is 6.93. The van der Waals surface area contributed by atoms with Gasteiger partial charge < -0.3 is 19.5 Å². The van der Waals surface area contributed by atoms with E-state index in [0.29, 0.717) is 56.2 Å². The van der Waals surface area contributed by atoms with Gasteiger partial charge in [0.2, 0.25) is 0 Å². The summed E-state index contributed by atoms with van der Waals surface area (Å²) in [5, 5.41) is 5.57. The Labute approximate surface area is 240 Å². The third kappa shape index (κ3) is 4.18. The number of esters is 1. The molecule has 0 amide bonds. The summed E-state index contributed by atoms with van der Waals surface area (Å²) in [5.41, 5.74) is 5.39. The average Bonchev–Trinajstić information content (AvgIpc) is 3.26. The number of ketones is 1. The fraction of sp³-hybridized carbons (Fsp3) is 0.152. The van der Waals surface area contributed by atoms with Gasteiger partial charge in [0.05, 0.1) is 30.0 Å². The minimum atomic E-state index is -0.666. The number of carbonyl (C=O) groups excluding carboxylic acids is 2. The lowest BCUT2D eigenvalue weighted by atomic mass is 9.79. The second-order valence-electron chi connectivity index (χ2n) is 9.71. The zero-order valence-corrected chi connectivity index (χ0v) is 23.8. The maximum atomic E-state index is 13.7. The highest BCUT2D eigenvalue weighted by molar-refractivity contribution is 9.10. The molecular formula is C33H26BrNO5. The molecular weight excluding hydrogens is 570 g/mol. The molecule has 0 saturated carbocycles. The van der Waals surface area contributed by atoms with Crippen LogP contribution in [0, 0.1) is 0 Å². The minimum absolute atomic E-state index is 0.122. The number of carbonyl (C=O) groups is 2. The molecule has 6 rings (SSSR count). The lowest BCUT2D eigenvalue weighted by Crippen LogP contribution is -2.29. The van der Waals surface area contributed by atoms with Crippen LogP contribution in [0.15, 0.2) is 100 Å². The molecule has 0 spiro atoms. The Hall–Kier alpha value is -4.36. The zero-order valence-electron chi connectivity index (χ0n) is 22.2. The smallest absolute Gasteiger partial charge is 0.336 e. The van der Waals surface area contributed by atoms with Crippen LogP contribution in [0.4, 0.5) is 0 Å². The second-order valence-corrected chi connectivity index (χ2v) is 10.6. The van der Waals surface area contributed by atoms with E-state index in [9.17, 15) is 9.59 Å². The lowest BCUT2D eigenvalue weighted by Gasteiger charge is -2.29. The van der Waals surface area contributed by atoms with Crippen molar-refractivity contribution in [2.75, 3.05) is 14.2 Å². The number of rotatable bonds is 6. The molecule has 0 fully saturated rings. The van der Waals surface area contributed by atoms with Gasteiger partial charge in [0, 0.05) is 28.3 Å². The van der Waals surface area contributed by atoms with Gasteiger partial charge in [-0.3, -0.25) is 4.79 Å². The molecule has 200 valence electrons. The first-order valence-corrected chi connectivity index (χ1v) is 13.6. The number of allylic oxidation sites excluding steroid dienone is 2. The normalized spacial score (nSPS) is 16.0. The van der Waals surface area contributed by atoms with Gasteiger partial charge in [0.15, 0.2) is 17.3 Å². The summed E-state index contributed by atoms with van der Waals surface area (Å²) in [6.07, 6.45) is 0. The van der Waals surface area contributed by atoms with Crippen LogP contribution in [-0.4, -0.2) is 26.0 Å². The van der Waals surface area contributed by atoms with Crippen LogP contribution < -0.4 is 14.8 Å². The maximum absolute atomic E-state index is 13.7. The summed E-state index contributed by atoms with van der Waals surface area (Å²) in [6.45, 7) is 2.15. The Morgan fingerprint density at radius 3 is 2.45 bits per heavy atom. The highest BCUT2D eigenvalue weighted by Crippen LogP contribution is 2.49. The van der Waals surface area contributed by atoms with Gasteiger partial charge in [-0.25, -0.2) is 4.79 Å². The van der Waals surface area contributed by atoms with E-state index in [-0.39, 0.29) is 5.78 Å². The molecule has 7 heteroatoms. The Balaban J connectivity index is 1.43. The Kier molecular flexibility index (Phi) is 6.68. The van der Waals surface area contributed by atoms with E-state index in [2.05, 4.69) is 39.4 Å². The van der Waals surface area contributed by atoms with E-state index in [4.69, 9.17) is 14.2 Å². The number of hydrogen-bond acceptors (Lipinski definition) is 6. The van der Waals surface area contributed by atoms with E-state index in [1.807, 2.05) is 67.6 Å². The van der Waals surface area contributed by atoms with Crippen LogP contribution in [0.1, 0.15) is 39.9 Å². The number of halogens is 1. The van der Waals surface area contributed by atoms with Crippen molar-refractivity contribution in [2.45, 2.75) is 19.4 Å². The van der Waals surface area contributed by atoms with Gasteiger partial charge in [0.25, 0.3) is 0 Å². The van der Waals surface area contributed by atoms with Crippen LogP contribution in [-0.2, 0) is 16.1 Å². The lowest BCUT2D eigenvalue weighted by molar-refractivity contribution is -0.136. The molecule has 0 bridgehead atoms. The van der Waals surface area contributed by atoms with Gasteiger partial charge in [-0.2, -0.15) is 0 Å². The largest absolute Gasteiger partial charge is 0.493 e. The monoisotopic (exact) mass is 595 g/mol. The molecule has 4 aromatic rings. The summed E-state index contributed by atoms with van der Waals surface area (Å²) >= 11 is 3.68. The molecule has 1 heterocycles. The molecule has 6 nitrogen and oxygen atoms in total. The molecule has 0 aromatic heterocycles. The fourth-order valence-corrected chi connectivity index (χ4v) is 6.23. The highest BCUT2D eigenvalue weighted by Gasteiger charge is 2.43. The van der Waals surface area contributed by atoms with Crippen molar-refractivity contribution < 1.29 is 23.8 Å². The van der Waals surface area contributed by atoms with Crippen LogP contribution in [0.25, 0.3) is 16.5 Å². The number of Topliss-reactive ketones (excluding diaryl/α,β-unsaturated/α-hetero) is 1. The van der Waals surface area contributed by atoms with Crippen molar-refractivity contribution in [3.05, 3.63) is 122 Å². The van der Waals surface area contributed by atoms with Crippen molar-refractivity contribution in [2.24, 2.45) is 0 Å². The van der Waals surface area contributed by atoms with Gasteiger partial charge in [-0.15, -0.1) is 0 Å². The molecule has 1 aliphatic carbocycles. The Bertz CT molecular complexity index is 1760. The molecule has 0 radical (unpaired) electrons. The summed E-state index contributed by atoms with van der Waals surface area (Å²) in [4.78, 5) is 26.8. The number of nitrogens with one attached hydrogen (secondary N) is 1. The SMILES string of the molecule is COC(=O)C1=C(C)NC2=C(C(=O)c3ccccc32)[C@H]1c1cc(Br)c(OCc2cccc3ccccc23)c(OC)c1. The first-order chi connectivity index (χ1) is 19.4. The van der Waals surface area contributed by atoms with Gasteiger partial charge in [-0.05, 0) is 56.9 Å². The van der Waals surface area contributed by atoms with Gasteiger partial charge in [-0.1, -0.05) is 66.7 Å². The van der Waals surface area contributed by atoms with E-state index in [1.54, 1.807) is 7.11 Å². The quantitative estimate of drug-likeness (QED) is 0.244. The summed E-state index contributed by atoms with van der Waals surface area (Å²) < 4.78 is 17.9. The number of fused-ring (bicyclic) bond motifs is 3. The van der Waals surface area contributed by atoms with E-state index >= 15 is 0 Å². The fourth-order valence-electron chi connectivity index (χ4n) is 5.66. The number of ether oxygens (including phenoxy) is 3. The third-order valence-electron chi connectivity index (χ3n) is 7.49. The molecule has 1 N–H and O–H groups in total. The van der Waals surface area contributed by atoms with Crippen molar-refractivity contribution in [1.82, 2.24) is 5.32 Å². The predicted molar refractivity (Wildman–Crippen MR) is 157 cm³/mol. The van der Waals surface area contributed by atoms with Crippen LogP contribution in [0.2, 0.25) is 0 Å². The molecule has 2 aliphatic rings. The first kappa shape index (κ1) is 25.9. The van der Waals surface area contributed by atoms with E-state index < -0.39 is 11.9 Å². The van der Waals surface area contributed by atoms with E-state index in [0.717, 1.165) is 21.9 Å². The summed E-state index contributed by atoms with van der Waals surface area (Å²) in [6, 6.07) is 25.5. The second kappa shape index (κ2) is 10.3. The van der Waals surface area contributed by atoms with Crippen LogP contribution in [0.5, 0.6) is 11.5 Å². The number of benzene rings is 4. The zero-order chi connectivity index (χ0) is 28.0. The highest BCUT2D eigenvalue weighted by atomic mass is 79.9. The topological polar surface area (TPSA) is 73.9 Å². The van der Waals surface area contributed by atoms with Gasteiger partial charge >= 0.3 is 5.97 Å². The van der Waals surface area contributed by atoms with Gasteiger partial charge in [0.1, 0.15) is 6.61 Å². The summed E-state index contributed by atoms with van der Waals surface area (Å²) in [7, 11) is 2.91. The van der Waals surface area contributed by atoms with E-state index in [1.165, 1.54) is 7.11 Å². The molecule has 0 unspecified atom stereocenters. The molecule has 40 heavy (non-hydrogen) atoms. The van der Waals surface area contributed by atoms with Crippen molar-refractivity contribution in [1.29, 1.82) is 0 Å². The maximum Gasteiger partial charge on any atom is 0.336 e. The van der Waals surface area contributed by atoms with Crippen molar-refractivity contribution in [3.63, 3.8) is 0 Å². The minimum Gasteiger partial charge on any atom is -0.493 e. The Morgan fingerprint density at radius 2 is 1.68 bits per heavy atom. The molecule has 1 aliphatic heterocycles. The molecule has 4 aromatic carbocycles. The molecule has 1 atom stereocenters. The standard InChI is InChI=1S/C33H26BrNO5/c1-18-27(33(37)39-3)28(29-30(35-18)23-13-6-7-14-24(23)31(29)36)21-15-25(34)32(26(16-21)38-2)40-17-20-11-8-10-19-9-4-5-12-22(19)20/h4-16,28,35H,17H2,1-3H3/t28-/m0/s1. The first-order valence-electron chi connectivity index (χ1n) is 12.8. The molecule has 0 saturated heterocycles. The van der Waals surface area contributed by atoms with Crippen LogP contribution in [0.3, 0.4) is 0 Å². The summed E-state index contributed by atoms with van der Waals surface area (Å²) in [5.74, 6) is -0.278. The Morgan fingerprint density at radius 1 is 0.950 bits per heavy atom. The average molecular weight is 596 g/mol. The van der Waals surface area contributed by atoms with Crippen LogP contribution >= 0.6 is 15.9 Å². The van der Waals surface area contributed by atoms with Crippen molar-refractivity contribution in [3.8, 4) is 11.5 Å². The number of hydrogen-bond donors (Lipinski definition) is 1. The number of methoxy groups -OCH3 is 2. The van der Waals surface area contributed by atoms with Crippen molar-refractivity contribution >= 4 is 44.2 Å². The third-order valence-corrected chi connectivity index (χ3v) is 8.08. The number of dihydropyridines is 1.